The van der Waals surface area contributed by atoms with Crippen LogP contribution in [0.1, 0.15) is 12.8 Å². The maximum Gasteiger partial charge on any atom is 0.262 e. The standard InChI is InChI=1S/C18H18ClFN2O2/c19-13-7-8-16(22-9-3-4-10-22)15(11-13)21-18(23)12-24-17-6-2-1-5-14(17)20/h1-2,5-8,11H,3-4,9-10,12H2,(H,21,23). The van der Waals surface area contributed by atoms with Gasteiger partial charge in [-0.15, -0.1) is 0 Å². The lowest BCUT2D eigenvalue weighted by molar-refractivity contribution is -0.118. The first kappa shape index (κ1) is 16.6. The van der Waals surface area contributed by atoms with E-state index < -0.39 is 5.82 Å². The molecule has 0 bridgehead atoms. The number of rotatable bonds is 5. The molecule has 2 aromatic carbocycles. The van der Waals surface area contributed by atoms with Gasteiger partial charge in [0.1, 0.15) is 0 Å². The normalized spacial score (nSPS) is 13.8. The number of amides is 1. The molecular weight excluding hydrogens is 331 g/mol. The fourth-order valence-corrected chi connectivity index (χ4v) is 2.91. The zero-order chi connectivity index (χ0) is 16.9. The number of ether oxygens (including phenoxy) is 1. The van der Waals surface area contributed by atoms with Gasteiger partial charge in [0.05, 0.1) is 11.4 Å². The zero-order valence-corrected chi connectivity index (χ0v) is 13.9. The van der Waals surface area contributed by atoms with Gasteiger partial charge in [-0.3, -0.25) is 4.79 Å². The minimum atomic E-state index is -0.495. The number of para-hydroxylation sites is 1. The van der Waals surface area contributed by atoms with Crippen LogP contribution < -0.4 is 15.0 Å². The second-order valence-electron chi connectivity index (χ2n) is 5.62. The van der Waals surface area contributed by atoms with Gasteiger partial charge in [-0.05, 0) is 43.2 Å². The summed E-state index contributed by atoms with van der Waals surface area (Å²) in [4.78, 5) is 14.4. The Balaban J connectivity index is 1.67. The van der Waals surface area contributed by atoms with Gasteiger partial charge in [0, 0.05) is 18.1 Å². The van der Waals surface area contributed by atoms with E-state index in [1.54, 1.807) is 24.3 Å². The lowest BCUT2D eigenvalue weighted by atomic mass is 10.2. The number of benzene rings is 2. The summed E-state index contributed by atoms with van der Waals surface area (Å²) in [5, 5.41) is 3.35. The lowest BCUT2D eigenvalue weighted by Gasteiger charge is -2.22. The Kier molecular flexibility index (Phi) is 5.20. The Bertz CT molecular complexity index is 733. The zero-order valence-electron chi connectivity index (χ0n) is 13.1. The van der Waals surface area contributed by atoms with Gasteiger partial charge in [0.2, 0.25) is 0 Å². The van der Waals surface area contributed by atoms with E-state index in [-0.39, 0.29) is 18.3 Å². The van der Waals surface area contributed by atoms with E-state index in [1.807, 2.05) is 6.07 Å². The number of hydrogen-bond donors (Lipinski definition) is 1. The third-order valence-corrected chi connectivity index (χ3v) is 4.11. The highest BCUT2D eigenvalue weighted by Gasteiger charge is 2.17. The number of nitrogens with zero attached hydrogens (tertiary/aromatic N) is 1. The van der Waals surface area contributed by atoms with Crippen LogP contribution >= 0.6 is 11.6 Å². The van der Waals surface area contributed by atoms with Crippen LogP contribution in [0.25, 0.3) is 0 Å². The number of hydrogen-bond acceptors (Lipinski definition) is 3. The van der Waals surface area contributed by atoms with Crippen molar-refractivity contribution in [3.8, 4) is 5.75 Å². The SMILES string of the molecule is O=C(COc1ccccc1F)Nc1cc(Cl)ccc1N1CCCC1. The molecule has 1 saturated heterocycles. The molecule has 4 nitrogen and oxygen atoms in total. The molecule has 24 heavy (non-hydrogen) atoms. The summed E-state index contributed by atoms with van der Waals surface area (Å²) < 4.78 is 18.7. The van der Waals surface area contributed by atoms with Gasteiger partial charge in [0.25, 0.3) is 5.91 Å². The van der Waals surface area contributed by atoms with Gasteiger partial charge < -0.3 is 15.0 Å². The maximum absolute atomic E-state index is 13.5. The second-order valence-corrected chi connectivity index (χ2v) is 6.06. The molecule has 2 aromatic rings. The predicted octanol–water partition coefficient (Wildman–Crippen LogP) is 4.10. The van der Waals surface area contributed by atoms with Crippen molar-refractivity contribution < 1.29 is 13.9 Å². The molecule has 1 aliphatic rings. The van der Waals surface area contributed by atoms with Crippen LogP contribution in [-0.4, -0.2) is 25.6 Å². The van der Waals surface area contributed by atoms with Gasteiger partial charge in [-0.1, -0.05) is 23.7 Å². The summed E-state index contributed by atoms with van der Waals surface area (Å²) in [5.74, 6) is -0.801. The molecule has 1 heterocycles. The molecule has 3 rings (SSSR count). The molecule has 0 unspecified atom stereocenters. The van der Waals surface area contributed by atoms with Crippen molar-refractivity contribution in [3.63, 3.8) is 0 Å². The number of nitrogens with one attached hydrogen (secondary N) is 1. The van der Waals surface area contributed by atoms with E-state index >= 15 is 0 Å². The molecule has 0 saturated carbocycles. The van der Waals surface area contributed by atoms with E-state index in [2.05, 4.69) is 10.2 Å². The van der Waals surface area contributed by atoms with Gasteiger partial charge in [-0.25, -0.2) is 4.39 Å². The van der Waals surface area contributed by atoms with Crippen molar-refractivity contribution in [2.24, 2.45) is 0 Å². The molecule has 1 amide bonds. The molecule has 1 aliphatic heterocycles. The molecule has 0 radical (unpaired) electrons. The smallest absolute Gasteiger partial charge is 0.262 e. The Morgan fingerprint density at radius 2 is 1.96 bits per heavy atom. The molecule has 6 heteroatoms. The third kappa shape index (κ3) is 3.97. The van der Waals surface area contributed by atoms with Crippen molar-refractivity contribution in [2.45, 2.75) is 12.8 Å². The number of anilines is 2. The first-order valence-corrected chi connectivity index (χ1v) is 8.23. The summed E-state index contributed by atoms with van der Waals surface area (Å²) in [6, 6.07) is 11.4. The average molecular weight is 349 g/mol. The number of carbonyl (C=O) groups is 1. The van der Waals surface area contributed by atoms with Crippen LogP contribution in [0.4, 0.5) is 15.8 Å². The molecule has 1 N–H and O–H groups in total. The molecule has 0 atom stereocenters. The van der Waals surface area contributed by atoms with Crippen molar-refractivity contribution in [2.75, 3.05) is 29.9 Å². The van der Waals surface area contributed by atoms with Crippen LogP contribution in [0, 0.1) is 5.82 Å². The van der Waals surface area contributed by atoms with Gasteiger partial charge in [-0.2, -0.15) is 0 Å². The summed E-state index contributed by atoms with van der Waals surface area (Å²) in [6.07, 6.45) is 2.26. The largest absolute Gasteiger partial charge is 0.481 e. The minimum Gasteiger partial charge on any atom is -0.481 e. The van der Waals surface area contributed by atoms with Crippen molar-refractivity contribution in [3.05, 3.63) is 53.3 Å². The van der Waals surface area contributed by atoms with Crippen LogP contribution in [0.3, 0.4) is 0 Å². The number of carbonyl (C=O) groups excluding carboxylic acids is 1. The van der Waals surface area contributed by atoms with Crippen molar-refractivity contribution >= 4 is 28.9 Å². The van der Waals surface area contributed by atoms with E-state index in [0.29, 0.717) is 10.7 Å². The van der Waals surface area contributed by atoms with Crippen molar-refractivity contribution in [1.82, 2.24) is 0 Å². The Labute approximate surface area is 145 Å². The minimum absolute atomic E-state index is 0.0542. The molecule has 0 spiro atoms. The molecule has 1 fully saturated rings. The number of halogens is 2. The highest BCUT2D eigenvalue weighted by atomic mass is 35.5. The van der Waals surface area contributed by atoms with Crippen LogP contribution in [0.15, 0.2) is 42.5 Å². The first-order chi connectivity index (χ1) is 11.6. The topological polar surface area (TPSA) is 41.6 Å². The third-order valence-electron chi connectivity index (χ3n) is 3.87. The maximum atomic E-state index is 13.5. The molecule has 0 aliphatic carbocycles. The second kappa shape index (κ2) is 7.53. The van der Waals surface area contributed by atoms with Crippen LogP contribution in [0.5, 0.6) is 5.75 Å². The summed E-state index contributed by atoms with van der Waals surface area (Å²) >= 11 is 6.05. The first-order valence-electron chi connectivity index (χ1n) is 7.85. The fraction of sp³-hybridized carbons (Fsp3) is 0.278. The van der Waals surface area contributed by atoms with Crippen LogP contribution in [0.2, 0.25) is 5.02 Å². The average Bonchev–Trinajstić information content (AvgIpc) is 3.08. The predicted molar refractivity (Wildman–Crippen MR) is 93.4 cm³/mol. The highest BCUT2D eigenvalue weighted by Crippen LogP contribution is 2.31. The molecular formula is C18H18ClFN2O2. The quantitative estimate of drug-likeness (QED) is 0.884. The van der Waals surface area contributed by atoms with Crippen LogP contribution in [-0.2, 0) is 4.79 Å². The van der Waals surface area contributed by atoms with E-state index in [0.717, 1.165) is 31.6 Å². The summed E-state index contributed by atoms with van der Waals surface area (Å²) in [7, 11) is 0. The Hall–Kier alpha value is -2.27. The van der Waals surface area contributed by atoms with E-state index in [9.17, 15) is 9.18 Å². The Morgan fingerprint density at radius 1 is 1.21 bits per heavy atom. The summed E-state index contributed by atoms with van der Waals surface area (Å²) in [6.45, 7) is 1.64. The molecule has 0 aromatic heterocycles. The highest BCUT2D eigenvalue weighted by molar-refractivity contribution is 6.31. The molecule has 126 valence electrons. The van der Waals surface area contributed by atoms with Gasteiger partial charge >= 0.3 is 0 Å². The fourth-order valence-electron chi connectivity index (χ4n) is 2.73. The monoisotopic (exact) mass is 348 g/mol. The Morgan fingerprint density at radius 3 is 2.71 bits per heavy atom. The summed E-state index contributed by atoms with van der Waals surface area (Å²) in [5.41, 5.74) is 1.59. The van der Waals surface area contributed by atoms with E-state index in [4.69, 9.17) is 16.3 Å². The van der Waals surface area contributed by atoms with E-state index in [1.165, 1.54) is 12.1 Å². The lowest BCUT2D eigenvalue weighted by Crippen LogP contribution is -2.24. The van der Waals surface area contributed by atoms with Crippen molar-refractivity contribution in [1.29, 1.82) is 0 Å². The van der Waals surface area contributed by atoms with Gasteiger partial charge in [0.15, 0.2) is 18.2 Å².